The Morgan fingerprint density at radius 2 is 2.00 bits per heavy atom. The van der Waals surface area contributed by atoms with Gasteiger partial charge in [-0.3, -0.25) is 4.90 Å². The Kier molecular flexibility index (Phi) is 7.19. The van der Waals surface area contributed by atoms with Gasteiger partial charge in [-0.1, -0.05) is 12.1 Å². The van der Waals surface area contributed by atoms with Gasteiger partial charge in [-0.05, 0) is 31.0 Å². The van der Waals surface area contributed by atoms with E-state index in [0.29, 0.717) is 37.7 Å². The molecule has 0 aliphatic carbocycles. The highest BCUT2D eigenvalue weighted by atomic mass is 32.2. The van der Waals surface area contributed by atoms with Gasteiger partial charge in [0.15, 0.2) is 15.8 Å². The number of rotatable bonds is 6. The van der Waals surface area contributed by atoms with Gasteiger partial charge in [0.2, 0.25) is 0 Å². The molecule has 1 fully saturated rings. The zero-order valence-electron chi connectivity index (χ0n) is 14.9. The first-order valence-electron chi connectivity index (χ1n) is 8.59. The molecule has 6 nitrogen and oxygen atoms in total. The molecule has 1 aliphatic heterocycles. The fourth-order valence-corrected chi connectivity index (χ4v) is 3.83. The lowest BCUT2D eigenvalue weighted by Gasteiger charge is -2.26. The van der Waals surface area contributed by atoms with Gasteiger partial charge in [0.25, 0.3) is 0 Å². The van der Waals surface area contributed by atoms with Crippen LogP contribution in [0.5, 0.6) is 0 Å². The largest absolute Gasteiger partial charge is 0.357 e. The van der Waals surface area contributed by atoms with Crippen LogP contribution in [0.2, 0.25) is 0 Å². The summed E-state index contributed by atoms with van der Waals surface area (Å²) in [5.41, 5.74) is 1.45. The van der Waals surface area contributed by atoms with Crippen molar-refractivity contribution in [2.24, 2.45) is 4.99 Å². The fourth-order valence-electron chi connectivity index (χ4n) is 2.55. The summed E-state index contributed by atoms with van der Waals surface area (Å²) in [6.45, 7) is 7.45. The Morgan fingerprint density at radius 1 is 1.28 bits per heavy atom. The monoisotopic (exact) mass is 370 g/mol. The minimum absolute atomic E-state index is 0.217. The Balaban J connectivity index is 1.82. The number of aliphatic imine (C=N–C) groups is 1. The SMILES string of the molecule is CCNC(=NCc1ccc(C)c(F)c1)NCCN1CCS(=O)(=O)CC1. The molecule has 25 heavy (non-hydrogen) atoms. The van der Waals surface area contributed by atoms with Gasteiger partial charge >= 0.3 is 0 Å². The molecule has 0 saturated carbocycles. The summed E-state index contributed by atoms with van der Waals surface area (Å²) in [4.78, 5) is 6.61. The average Bonchev–Trinajstić information content (AvgIpc) is 2.57. The van der Waals surface area contributed by atoms with E-state index in [2.05, 4.69) is 20.5 Å². The maximum absolute atomic E-state index is 13.6. The van der Waals surface area contributed by atoms with E-state index in [1.54, 1.807) is 13.0 Å². The number of aryl methyl sites for hydroxylation is 1. The summed E-state index contributed by atoms with van der Waals surface area (Å²) in [7, 11) is -2.84. The third kappa shape index (κ3) is 6.62. The van der Waals surface area contributed by atoms with Crippen LogP contribution >= 0.6 is 0 Å². The zero-order valence-corrected chi connectivity index (χ0v) is 15.7. The van der Waals surface area contributed by atoms with Gasteiger partial charge < -0.3 is 10.6 Å². The molecule has 1 aromatic carbocycles. The van der Waals surface area contributed by atoms with Gasteiger partial charge in [-0.15, -0.1) is 0 Å². The van der Waals surface area contributed by atoms with Crippen LogP contribution in [0.4, 0.5) is 4.39 Å². The normalized spacial score (nSPS) is 18.1. The Labute approximate surface area is 149 Å². The van der Waals surface area contributed by atoms with Crippen LogP contribution in [0.3, 0.4) is 0 Å². The summed E-state index contributed by atoms with van der Waals surface area (Å²) in [6.07, 6.45) is 0. The second-order valence-corrected chi connectivity index (χ2v) is 8.50. The second-order valence-electron chi connectivity index (χ2n) is 6.20. The Morgan fingerprint density at radius 3 is 2.64 bits per heavy atom. The molecule has 8 heteroatoms. The summed E-state index contributed by atoms with van der Waals surface area (Å²) < 4.78 is 36.4. The minimum Gasteiger partial charge on any atom is -0.357 e. The standard InChI is InChI=1S/C17H27FN4O2S/c1-3-19-17(21-13-15-5-4-14(2)16(18)12-15)20-6-7-22-8-10-25(23,24)11-9-22/h4-5,12H,3,6-11,13H2,1-2H3,(H2,19,20,21). The highest BCUT2D eigenvalue weighted by Gasteiger charge is 2.20. The van der Waals surface area contributed by atoms with Crippen molar-refractivity contribution in [2.45, 2.75) is 20.4 Å². The van der Waals surface area contributed by atoms with Gasteiger partial charge in [-0.25, -0.2) is 17.8 Å². The van der Waals surface area contributed by atoms with E-state index in [1.165, 1.54) is 6.07 Å². The molecule has 0 atom stereocenters. The number of guanidine groups is 1. The van der Waals surface area contributed by atoms with E-state index < -0.39 is 9.84 Å². The van der Waals surface area contributed by atoms with Crippen molar-refractivity contribution in [3.05, 3.63) is 35.1 Å². The van der Waals surface area contributed by atoms with Crippen molar-refractivity contribution in [3.8, 4) is 0 Å². The van der Waals surface area contributed by atoms with Gasteiger partial charge in [0, 0.05) is 32.7 Å². The Hall–Kier alpha value is -1.67. The van der Waals surface area contributed by atoms with Crippen LogP contribution in [-0.2, 0) is 16.4 Å². The molecule has 0 bridgehead atoms. The fraction of sp³-hybridized carbons (Fsp3) is 0.588. The number of hydrogen-bond donors (Lipinski definition) is 2. The highest BCUT2D eigenvalue weighted by Crippen LogP contribution is 2.10. The molecule has 0 radical (unpaired) electrons. The van der Waals surface area contributed by atoms with Crippen molar-refractivity contribution in [2.75, 3.05) is 44.2 Å². The first-order valence-corrected chi connectivity index (χ1v) is 10.4. The van der Waals surface area contributed by atoms with Crippen molar-refractivity contribution >= 4 is 15.8 Å². The van der Waals surface area contributed by atoms with Crippen molar-refractivity contribution in [1.29, 1.82) is 0 Å². The second kappa shape index (κ2) is 9.15. The summed E-state index contributed by atoms with van der Waals surface area (Å²) in [5.74, 6) is 0.930. The van der Waals surface area contributed by atoms with Crippen LogP contribution in [-0.4, -0.2) is 63.5 Å². The molecule has 2 rings (SSSR count). The molecule has 1 heterocycles. The number of sulfone groups is 1. The molecule has 0 spiro atoms. The van der Waals surface area contributed by atoms with E-state index in [0.717, 1.165) is 18.7 Å². The van der Waals surface area contributed by atoms with Crippen LogP contribution < -0.4 is 10.6 Å². The lowest BCUT2D eigenvalue weighted by molar-refractivity contribution is 0.299. The molecule has 1 aliphatic rings. The van der Waals surface area contributed by atoms with Crippen LogP contribution in [0.1, 0.15) is 18.1 Å². The summed E-state index contributed by atoms with van der Waals surface area (Å²) in [5, 5.41) is 6.40. The van der Waals surface area contributed by atoms with Crippen molar-refractivity contribution in [1.82, 2.24) is 15.5 Å². The van der Waals surface area contributed by atoms with Crippen LogP contribution in [0, 0.1) is 12.7 Å². The molecule has 140 valence electrons. The van der Waals surface area contributed by atoms with Gasteiger partial charge in [0.1, 0.15) is 5.82 Å². The van der Waals surface area contributed by atoms with E-state index in [-0.39, 0.29) is 17.3 Å². The van der Waals surface area contributed by atoms with E-state index in [9.17, 15) is 12.8 Å². The minimum atomic E-state index is -2.84. The Bertz CT molecular complexity index is 693. The molecule has 0 aromatic heterocycles. The number of nitrogens with zero attached hydrogens (tertiary/aromatic N) is 2. The molecular formula is C17H27FN4O2S. The summed E-state index contributed by atoms with van der Waals surface area (Å²) in [6, 6.07) is 5.14. The predicted octanol–water partition coefficient (Wildman–Crippen LogP) is 0.920. The number of nitrogens with one attached hydrogen (secondary N) is 2. The van der Waals surface area contributed by atoms with E-state index in [4.69, 9.17) is 0 Å². The zero-order chi connectivity index (χ0) is 18.3. The maximum atomic E-state index is 13.6. The third-order valence-electron chi connectivity index (χ3n) is 4.16. The first kappa shape index (κ1) is 19.7. The van der Waals surface area contributed by atoms with Crippen LogP contribution in [0.15, 0.2) is 23.2 Å². The molecule has 0 amide bonds. The average molecular weight is 370 g/mol. The van der Waals surface area contributed by atoms with Crippen LogP contribution in [0.25, 0.3) is 0 Å². The van der Waals surface area contributed by atoms with E-state index >= 15 is 0 Å². The number of halogens is 1. The number of benzene rings is 1. The smallest absolute Gasteiger partial charge is 0.191 e. The third-order valence-corrected chi connectivity index (χ3v) is 5.77. The molecular weight excluding hydrogens is 343 g/mol. The molecule has 1 aromatic rings. The van der Waals surface area contributed by atoms with Crippen molar-refractivity contribution < 1.29 is 12.8 Å². The van der Waals surface area contributed by atoms with Gasteiger partial charge in [-0.2, -0.15) is 0 Å². The lowest BCUT2D eigenvalue weighted by Crippen LogP contribution is -2.45. The highest BCUT2D eigenvalue weighted by molar-refractivity contribution is 7.91. The molecule has 0 unspecified atom stereocenters. The number of hydrogen-bond acceptors (Lipinski definition) is 4. The lowest BCUT2D eigenvalue weighted by atomic mass is 10.1. The predicted molar refractivity (Wildman–Crippen MR) is 99.0 cm³/mol. The quantitative estimate of drug-likeness (QED) is 0.575. The van der Waals surface area contributed by atoms with Crippen molar-refractivity contribution in [3.63, 3.8) is 0 Å². The topological polar surface area (TPSA) is 73.8 Å². The molecule has 1 saturated heterocycles. The first-order chi connectivity index (χ1) is 11.9. The van der Waals surface area contributed by atoms with E-state index in [1.807, 2.05) is 13.0 Å². The summed E-state index contributed by atoms with van der Waals surface area (Å²) >= 11 is 0. The van der Waals surface area contributed by atoms with Gasteiger partial charge in [0.05, 0.1) is 18.1 Å². The maximum Gasteiger partial charge on any atom is 0.191 e. The molecule has 2 N–H and O–H groups in total.